The van der Waals surface area contributed by atoms with Crippen molar-refractivity contribution in [3.8, 4) is 6.01 Å². The highest BCUT2D eigenvalue weighted by Crippen LogP contribution is 2.41. The summed E-state index contributed by atoms with van der Waals surface area (Å²) in [6.07, 6.45) is 6.41. The van der Waals surface area contributed by atoms with Crippen LogP contribution in [0.4, 0.5) is 15.0 Å². The number of fused-ring (bicyclic) bond motifs is 4. The number of halogens is 1. The lowest BCUT2D eigenvalue weighted by Crippen LogP contribution is -2.56. The van der Waals surface area contributed by atoms with E-state index in [4.69, 9.17) is 19.4 Å². The van der Waals surface area contributed by atoms with Gasteiger partial charge < -0.3 is 19.7 Å². The van der Waals surface area contributed by atoms with Gasteiger partial charge in [-0.05, 0) is 51.6 Å². The summed E-state index contributed by atoms with van der Waals surface area (Å²) in [6.45, 7) is 7.56. The third kappa shape index (κ3) is 4.40. The monoisotopic (exact) mass is 502 g/mol. The van der Waals surface area contributed by atoms with Gasteiger partial charge in [-0.25, -0.2) is 9.18 Å². The standard InChI is InChI=1S/C26H39FN6O3/c1-2-3-11-35-25(34)33-19-5-6-20(33)16-31(15-19)23-21-7-9-28-13-22(21)29-24(30-23)36-17-26-8-4-10-32(26)14-18(27)12-26/h18-20,28H,2-17H2,1H3/t18-,19?,20?,26+/m1/s1. The molecule has 0 saturated carbocycles. The fraction of sp³-hybridized carbons (Fsp3) is 0.808. The number of amides is 1. The molecular weight excluding hydrogens is 463 g/mol. The second-order valence-electron chi connectivity index (χ2n) is 11.2. The molecule has 10 heteroatoms. The first-order valence-corrected chi connectivity index (χ1v) is 13.9. The number of unbranched alkanes of at least 4 members (excludes halogenated alkanes) is 1. The molecule has 4 atom stereocenters. The van der Waals surface area contributed by atoms with Crippen LogP contribution in [0.5, 0.6) is 6.01 Å². The summed E-state index contributed by atoms with van der Waals surface area (Å²) in [4.78, 5) is 29.1. The van der Waals surface area contributed by atoms with Crippen LogP contribution < -0.4 is 15.0 Å². The summed E-state index contributed by atoms with van der Waals surface area (Å²) in [5, 5.41) is 3.42. The third-order valence-corrected chi connectivity index (χ3v) is 8.84. The van der Waals surface area contributed by atoms with Gasteiger partial charge in [0.2, 0.25) is 0 Å². The Morgan fingerprint density at radius 1 is 1.22 bits per heavy atom. The van der Waals surface area contributed by atoms with Crippen molar-refractivity contribution < 1.29 is 18.7 Å². The van der Waals surface area contributed by atoms with Crippen LogP contribution in [0.2, 0.25) is 0 Å². The molecule has 6 heterocycles. The van der Waals surface area contributed by atoms with Crippen molar-refractivity contribution in [1.82, 2.24) is 25.1 Å². The highest BCUT2D eigenvalue weighted by atomic mass is 19.1. The number of carbonyl (C=O) groups is 1. The van der Waals surface area contributed by atoms with Crippen molar-refractivity contribution in [2.75, 3.05) is 50.8 Å². The average Bonchev–Trinajstić information content (AvgIpc) is 3.49. The molecule has 1 aromatic rings. The Morgan fingerprint density at radius 2 is 2.06 bits per heavy atom. The van der Waals surface area contributed by atoms with Gasteiger partial charge >= 0.3 is 12.1 Å². The number of nitrogens with zero attached hydrogens (tertiary/aromatic N) is 5. The summed E-state index contributed by atoms with van der Waals surface area (Å²) >= 11 is 0. The van der Waals surface area contributed by atoms with E-state index in [2.05, 4.69) is 22.0 Å². The Kier molecular flexibility index (Phi) is 6.66. The van der Waals surface area contributed by atoms with E-state index in [1.54, 1.807) is 0 Å². The van der Waals surface area contributed by atoms with Crippen LogP contribution in [-0.2, 0) is 17.7 Å². The molecule has 0 aliphatic carbocycles. The summed E-state index contributed by atoms with van der Waals surface area (Å²) in [5.74, 6) is 0.947. The highest BCUT2D eigenvalue weighted by Gasteiger charge is 2.49. The third-order valence-electron chi connectivity index (χ3n) is 8.84. The molecule has 2 bridgehead atoms. The second-order valence-corrected chi connectivity index (χ2v) is 11.2. The number of rotatable bonds is 7. The van der Waals surface area contributed by atoms with Gasteiger partial charge in [-0.2, -0.15) is 9.97 Å². The second kappa shape index (κ2) is 9.93. The molecule has 1 N–H and O–H groups in total. The van der Waals surface area contributed by atoms with E-state index in [9.17, 15) is 9.18 Å². The molecular formula is C26H39FN6O3. The first-order chi connectivity index (χ1) is 17.6. The molecule has 5 aliphatic heterocycles. The van der Waals surface area contributed by atoms with E-state index >= 15 is 0 Å². The molecule has 5 aliphatic rings. The molecule has 0 aromatic carbocycles. The molecule has 9 nitrogen and oxygen atoms in total. The van der Waals surface area contributed by atoms with E-state index in [1.165, 1.54) is 5.56 Å². The maximum atomic E-state index is 14.2. The van der Waals surface area contributed by atoms with Crippen LogP contribution in [-0.4, -0.2) is 95.6 Å². The van der Waals surface area contributed by atoms with E-state index in [1.807, 2.05) is 4.90 Å². The van der Waals surface area contributed by atoms with Gasteiger partial charge in [0, 0.05) is 38.2 Å². The lowest BCUT2D eigenvalue weighted by Gasteiger charge is -2.41. The summed E-state index contributed by atoms with van der Waals surface area (Å²) in [6, 6.07) is 0.672. The smallest absolute Gasteiger partial charge is 0.410 e. The van der Waals surface area contributed by atoms with Crippen molar-refractivity contribution in [3.63, 3.8) is 0 Å². The molecule has 198 valence electrons. The van der Waals surface area contributed by atoms with Crippen LogP contribution in [0.1, 0.15) is 63.1 Å². The van der Waals surface area contributed by atoms with Crippen molar-refractivity contribution in [1.29, 1.82) is 0 Å². The summed E-state index contributed by atoms with van der Waals surface area (Å²) < 4.78 is 26.0. The van der Waals surface area contributed by atoms with Gasteiger partial charge in [-0.3, -0.25) is 9.80 Å². The largest absolute Gasteiger partial charge is 0.461 e. The van der Waals surface area contributed by atoms with Gasteiger partial charge in [0.05, 0.1) is 29.9 Å². The summed E-state index contributed by atoms with van der Waals surface area (Å²) in [7, 11) is 0. The lowest BCUT2D eigenvalue weighted by molar-refractivity contribution is 0.0775. The number of hydrogen-bond acceptors (Lipinski definition) is 8. The Balaban J connectivity index is 1.20. The maximum Gasteiger partial charge on any atom is 0.410 e. The summed E-state index contributed by atoms with van der Waals surface area (Å²) in [5.41, 5.74) is 1.95. The zero-order valence-electron chi connectivity index (χ0n) is 21.4. The predicted molar refractivity (Wildman–Crippen MR) is 133 cm³/mol. The minimum atomic E-state index is -0.779. The molecule has 0 radical (unpaired) electrons. The quantitative estimate of drug-likeness (QED) is 0.570. The number of hydrogen-bond donors (Lipinski definition) is 1. The molecule has 4 saturated heterocycles. The first kappa shape index (κ1) is 24.2. The number of piperazine rings is 1. The normalized spacial score (nSPS) is 31.4. The Labute approximate surface area is 212 Å². The number of carbonyl (C=O) groups excluding carboxylic acids is 1. The zero-order chi connectivity index (χ0) is 24.7. The highest BCUT2D eigenvalue weighted by molar-refractivity contribution is 5.70. The molecule has 1 amide bonds. The number of anilines is 1. The van der Waals surface area contributed by atoms with Gasteiger partial charge in [0.15, 0.2) is 0 Å². The van der Waals surface area contributed by atoms with Crippen LogP contribution in [0.15, 0.2) is 0 Å². The fourth-order valence-corrected chi connectivity index (χ4v) is 7.04. The number of aromatic nitrogens is 2. The van der Waals surface area contributed by atoms with E-state index in [0.717, 1.165) is 82.6 Å². The van der Waals surface area contributed by atoms with Crippen molar-refractivity contribution in [3.05, 3.63) is 11.3 Å². The topological polar surface area (TPSA) is 83.1 Å². The van der Waals surface area contributed by atoms with Crippen LogP contribution >= 0.6 is 0 Å². The number of nitrogens with one attached hydrogen (secondary N) is 1. The molecule has 6 rings (SSSR count). The molecule has 4 fully saturated rings. The van der Waals surface area contributed by atoms with Crippen molar-refractivity contribution in [2.24, 2.45) is 0 Å². The maximum absolute atomic E-state index is 14.2. The van der Waals surface area contributed by atoms with E-state index in [-0.39, 0.29) is 23.7 Å². The van der Waals surface area contributed by atoms with E-state index in [0.29, 0.717) is 38.7 Å². The first-order valence-electron chi connectivity index (χ1n) is 13.9. The van der Waals surface area contributed by atoms with Crippen molar-refractivity contribution >= 4 is 11.9 Å². The van der Waals surface area contributed by atoms with Crippen molar-refractivity contribution in [2.45, 2.75) is 88.6 Å². The van der Waals surface area contributed by atoms with Crippen LogP contribution in [0.25, 0.3) is 0 Å². The number of ether oxygens (including phenoxy) is 2. The Bertz CT molecular complexity index is 967. The zero-order valence-corrected chi connectivity index (χ0v) is 21.4. The van der Waals surface area contributed by atoms with Crippen LogP contribution in [0, 0.1) is 0 Å². The van der Waals surface area contributed by atoms with Gasteiger partial charge in [-0.15, -0.1) is 0 Å². The van der Waals surface area contributed by atoms with Gasteiger partial charge in [-0.1, -0.05) is 13.3 Å². The molecule has 0 spiro atoms. The predicted octanol–water partition coefficient (Wildman–Crippen LogP) is 2.67. The fourth-order valence-electron chi connectivity index (χ4n) is 7.04. The van der Waals surface area contributed by atoms with E-state index < -0.39 is 6.17 Å². The minimum Gasteiger partial charge on any atom is -0.461 e. The SMILES string of the molecule is CCCCOC(=O)N1C2CCC1CN(c1nc(OC[C@@]34CCCN3C[C@H](F)C4)nc3c1CCNC3)C2. The average molecular weight is 503 g/mol. The number of alkyl halides is 1. The minimum absolute atomic E-state index is 0.139. The molecule has 1 aromatic heterocycles. The lowest BCUT2D eigenvalue weighted by atomic mass is 9.95. The molecule has 36 heavy (non-hydrogen) atoms. The van der Waals surface area contributed by atoms with Gasteiger partial charge in [0.25, 0.3) is 0 Å². The Hall–Kier alpha value is -2.20. The van der Waals surface area contributed by atoms with Gasteiger partial charge in [0.1, 0.15) is 18.6 Å². The van der Waals surface area contributed by atoms with Crippen LogP contribution in [0.3, 0.4) is 0 Å². The molecule has 2 unspecified atom stereocenters. The Morgan fingerprint density at radius 3 is 2.86 bits per heavy atom.